The van der Waals surface area contributed by atoms with Crippen molar-refractivity contribution in [3.63, 3.8) is 0 Å². The molecular formula is C68H88N7O21P. The summed E-state index contributed by atoms with van der Waals surface area (Å²) in [4.78, 5) is 77.3. The van der Waals surface area contributed by atoms with E-state index in [0.29, 0.717) is 44.9 Å². The molecule has 8 rings (SSSR count). The molecule has 2 fully saturated rings. The Hall–Kier alpha value is -7.83. The van der Waals surface area contributed by atoms with Crippen molar-refractivity contribution in [2.45, 2.75) is 135 Å². The number of nitrogens with one attached hydrogen (secondary N) is 1. The lowest BCUT2D eigenvalue weighted by Crippen LogP contribution is -2.66. The van der Waals surface area contributed by atoms with Crippen molar-refractivity contribution in [3.05, 3.63) is 144 Å². The number of Topliss-reactive ketones (excluding diaryl/α,β-unsaturated/α-hetero) is 1. The number of ether oxygens (including phenoxy) is 13. The zero-order valence-electron chi connectivity index (χ0n) is 56.2. The van der Waals surface area contributed by atoms with Gasteiger partial charge in [0.15, 0.2) is 41.9 Å². The van der Waals surface area contributed by atoms with Crippen LogP contribution in [0.2, 0.25) is 0 Å². The summed E-state index contributed by atoms with van der Waals surface area (Å²) in [7, 11) is -1.25. The van der Waals surface area contributed by atoms with E-state index >= 15 is 9.36 Å². The summed E-state index contributed by atoms with van der Waals surface area (Å²) >= 11 is 0. The average molecular weight is 1370 g/mol. The van der Waals surface area contributed by atoms with Crippen molar-refractivity contribution in [1.29, 1.82) is 0 Å². The number of carbonyl (C=O) groups excluding carboxylic acids is 5. The van der Waals surface area contributed by atoms with E-state index in [1.165, 1.54) is 26.5 Å². The molecule has 4 heterocycles. The van der Waals surface area contributed by atoms with Crippen LogP contribution in [0.25, 0.3) is 11.2 Å². The van der Waals surface area contributed by atoms with Gasteiger partial charge in [-0.1, -0.05) is 84.9 Å². The Kier molecular flexibility index (Phi) is 27.9. The van der Waals surface area contributed by atoms with Gasteiger partial charge in [0.05, 0.1) is 86.6 Å². The number of aromatic nitrogens is 4. The number of hydrogen-bond donors (Lipinski definition) is 2. The van der Waals surface area contributed by atoms with Gasteiger partial charge in [-0.3, -0.25) is 37.6 Å². The number of ketones is 1. The minimum Gasteiger partial charge on any atom is -0.497 e. The fourth-order valence-electron chi connectivity index (χ4n) is 11.7. The number of nitrogens with two attached hydrogens (primary N) is 1. The molecule has 10 atom stereocenters. The SMILES string of the molecule is COc1ccc(C(OC(C(=O)c2ccccc2)[C@H]2O[C@@H](n3cnc4c(N)ncnc43)C[C@@H]2OP(=O)(OCCOCCOCCOCCOCCO[C@@H]2O[C@H](COC(C)=O)[C@H](OC(C)=O)[C@H](OC(C)=O)[C@H]2NC(C)=O)N(C(C)C)C(C)C)(c2ccccc2)c2ccc(OC)cc2)cc1. The number of imidazole rings is 1. The second-order valence-corrected chi connectivity index (χ2v) is 25.1. The van der Waals surface area contributed by atoms with Crippen LogP contribution in [0.1, 0.15) is 95.1 Å². The van der Waals surface area contributed by atoms with Crippen LogP contribution in [-0.2, 0) is 90.5 Å². The van der Waals surface area contributed by atoms with Gasteiger partial charge in [0.2, 0.25) is 5.91 Å². The molecule has 4 aromatic carbocycles. The van der Waals surface area contributed by atoms with Crippen molar-refractivity contribution in [2.75, 3.05) is 92.6 Å². The molecule has 2 aliphatic rings. The predicted octanol–water partition coefficient (Wildman–Crippen LogP) is 7.34. The summed E-state index contributed by atoms with van der Waals surface area (Å²) < 4.78 is 110. The number of anilines is 1. The van der Waals surface area contributed by atoms with E-state index in [4.69, 9.17) is 76.4 Å². The molecular weight excluding hydrogens is 1280 g/mol. The second kappa shape index (κ2) is 36.1. The van der Waals surface area contributed by atoms with Gasteiger partial charge in [0, 0.05) is 51.8 Å². The van der Waals surface area contributed by atoms with Gasteiger partial charge in [-0.25, -0.2) is 24.2 Å². The first-order chi connectivity index (χ1) is 46.7. The van der Waals surface area contributed by atoms with Crippen LogP contribution in [0.4, 0.5) is 5.82 Å². The van der Waals surface area contributed by atoms with Crippen LogP contribution in [0, 0.1) is 0 Å². The van der Waals surface area contributed by atoms with Gasteiger partial charge < -0.3 is 72.6 Å². The van der Waals surface area contributed by atoms with E-state index in [1.807, 2.05) is 113 Å². The maximum atomic E-state index is 16.1. The normalized spacial score (nSPS) is 20.5. The summed E-state index contributed by atoms with van der Waals surface area (Å²) in [5.74, 6) is -1.72. The van der Waals surface area contributed by atoms with Crippen LogP contribution in [0.5, 0.6) is 11.5 Å². The zero-order valence-corrected chi connectivity index (χ0v) is 57.1. The first kappa shape index (κ1) is 75.0. The largest absolute Gasteiger partial charge is 0.497 e. The molecule has 526 valence electrons. The molecule has 3 N–H and O–H groups in total. The number of rotatable bonds is 38. The Morgan fingerprint density at radius 3 is 1.71 bits per heavy atom. The third-order valence-corrected chi connectivity index (χ3v) is 18.2. The fraction of sp³-hybridized carbons (Fsp3) is 0.500. The topological polar surface area (TPSA) is 326 Å². The molecule has 1 amide bonds. The number of fused-ring (bicyclic) bond motifs is 1. The van der Waals surface area contributed by atoms with E-state index in [2.05, 4.69) is 20.3 Å². The predicted molar refractivity (Wildman–Crippen MR) is 350 cm³/mol. The molecule has 0 spiro atoms. The molecule has 2 aliphatic heterocycles. The van der Waals surface area contributed by atoms with Crippen LogP contribution >= 0.6 is 7.75 Å². The number of esters is 3. The van der Waals surface area contributed by atoms with Gasteiger partial charge in [-0.05, 0) is 68.7 Å². The van der Waals surface area contributed by atoms with Gasteiger partial charge in [-0.15, -0.1) is 0 Å². The number of benzene rings is 4. The lowest BCUT2D eigenvalue weighted by atomic mass is 9.79. The van der Waals surface area contributed by atoms with E-state index in [0.717, 1.165) is 13.8 Å². The van der Waals surface area contributed by atoms with E-state index in [-0.39, 0.29) is 97.0 Å². The molecule has 0 aliphatic carbocycles. The maximum Gasteiger partial charge on any atom is 0.409 e. The molecule has 97 heavy (non-hydrogen) atoms. The van der Waals surface area contributed by atoms with Gasteiger partial charge in [0.25, 0.3) is 0 Å². The van der Waals surface area contributed by atoms with Crippen LogP contribution in [-0.4, -0.2) is 202 Å². The van der Waals surface area contributed by atoms with E-state index in [1.54, 1.807) is 47.7 Å². The van der Waals surface area contributed by atoms with Crippen LogP contribution < -0.4 is 20.5 Å². The van der Waals surface area contributed by atoms with Crippen LogP contribution in [0.3, 0.4) is 0 Å². The van der Waals surface area contributed by atoms with Gasteiger partial charge >= 0.3 is 25.7 Å². The van der Waals surface area contributed by atoms with Crippen molar-refractivity contribution in [1.82, 2.24) is 29.5 Å². The summed E-state index contributed by atoms with van der Waals surface area (Å²) in [6.07, 6.45) is -7.00. The Morgan fingerprint density at radius 2 is 1.19 bits per heavy atom. The van der Waals surface area contributed by atoms with E-state index in [9.17, 15) is 19.2 Å². The summed E-state index contributed by atoms with van der Waals surface area (Å²) in [6.45, 7) is 12.9. The Labute approximate surface area is 563 Å². The Morgan fingerprint density at radius 1 is 0.660 bits per heavy atom. The Bertz CT molecular complexity index is 3480. The average Bonchev–Trinajstić information content (AvgIpc) is 1.57. The molecule has 6 aromatic rings. The Balaban J connectivity index is 0.933. The van der Waals surface area contributed by atoms with Gasteiger partial charge in [-0.2, -0.15) is 0 Å². The molecule has 2 unspecified atom stereocenters. The molecule has 29 heteroatoms. The lowest BCUT2D eigenvalue weighted by Gasteiger charge is -2.44. The number of hydrogen-bond acceptors (Lipinski definition) is 25. The third-order valence-electron chi connectivity index (χ3n) is 15.7. The highest BCUT2D eigenvalue weighted by molar-refractivity contribution is 7.51. The monoisotopic (exact) mass is 1370 g/mol. The lowest BCUT2D eigenvalue weighted by molar-refractivity contribution is -0.279. The zero-order chi connectivity index (χ0) is 69.7. The minimum absolute atomic E-state index is 0.00630. The number of amides is 1. The van der Waals surface area contributed by atoms with Crippen molar-refractivity contribution < 1.29 is 99.2 Å². The number of nitrogen functional groups attached to an aromatic ring is 1. The highest BCUT2D eigenvalue weighted by atomic mass is 31.2. The summed E-state index contributed by atoms with van der Waals surface area (Å²) in [5.41, 5.74) is 7.68. The van der Waals surface area contributed by atoms with Gasteiger partial charge in [0.1, 0.15) is 66.1 Å². The fourth-order valence-corrected chi connectivity index (χ4v) is 13.9. The highest BCUT2D eigenvalue weighted by Crippen LogP contribution is 2.58. The quantitative estimate of drug-likeness (QED) is 0.00955. The number of nitrogens with zero attached hydrogens (tertiary/aromatic N) is 5. The summed E-state index contributed by atoms with van der Waals surface area (Å²) in [6, 6.07) is 31.2. The smallest absolute Gasteiger partial charge is 0.409 e. The van der Waals surface area contributed by atoms with Crippen LogP contribution in [0.15, 0.2) is 122 Å². The van der Waals surface area contributed by atoms with Crippen molar-refractivity contribution in [3.8, 4) is 11.5 Å². The molecule has 0 radical (unpaired) electrons. The molecule has 0 bridgehead atoms. The molecule has 2 aromatic heterocycles. The molecule has 2 saturated heterocycles. The maximum absolute atomic E-state index is 16.1. The first-order valence-electron chi connectivity index (χ1n) is 31.9. The highest BCUT2D eigenvalue weighted by Gasteiger charge is 2.55. The number of methoxy groups -OCH3 is 2. The third kappa shape index (κ3) is 19.7. The molecule has 0 saturated carbocycles. The first-order valence-corrected chi connectivity index (χ1v) is 33.4. The van der Waals surface area contributed by atoms with E-state index < -0.39 is 98.1 Å². The second-order valence-electron chi connectivity index (χ2n) is 23.2. The molecule has 28 nitrogen and oxygen atoms in total. The number of carbonyl (C=O) groups is 5. The standard InChI is InChI=1S/C68H88N7O21P/c1-43(2)75(44(3)4)97(81,90-38-36-87-34-32-85-30-29-84-31-33-86-35-37-88-67-58(73-45(5)76)63(92-48(8)79)62(91-47(7)78)56(93-67)40-89-46(6)77)96-55-39-57(74-42-72-59-65(69)70-41-71-66(59)74)94-61(55)64(60(80)49-17-13-11-14-18-49)95-68(50-19-15-12-16-20-50,51-21-25-53(82-9)26-22-51)52-23-27-54(83-10)28-24-52/h11-28,41-44,55-58,61-64,67H,29-40H2,1-10H3,(H,73,76)(H2,69,70,71)/t55-,56+,57+,58+,61-,62-,63+,64?,67+,97?/m0/s1. The summed E-state index contributed by atoms with van der Waals surface area (Å²) in [5, 5.41) is 2.65. The van der Waals surface area contributed by atoms with Crippen molar-refractivity contribution in [2.24, 2.45) is 0 Å². The van der Waals surface area contributed by atoms with Crippen molar-refractivity contribution >= 4 is 54.3 Å². The minimum atomic E-state index is -4.41.